The molecule has 0 unspecified atom stereocenters. The zero-order chi connectivity index (χ0) is 8.55. The topological polar surface area (TPSA) is 39.2 Å². The van der Waals surface area contributed by atoms with E-state index in [2.05, 4.69) is 4.98 Å². The molecular weight excluding hydrogens is 178 g/mol. The average molecular weight is 184 g/mol. The average Bonchev–Trinajstić information content (AvgIpc) is 2.03. The van der Waals surface area contributed by atoms with Gasteiger partial charge in [-0.2, -0.15) is 0 Å². The summed E-state index contributed by atoms with van der Waals surface area (Å²) in [7, 11) is 0. The standard InChI is InChI=1S/C8H6ClNO2/c9-6-1-5-2-7(11)4-12-8(5)10-3-6/h1,3H,2,4H2. The van der Waals surface area contributed by atoms with Gasteiger partial charge in [0.2, 0.25) is 5.88 Å². The van der Waals surface area contributed by atoms with Crippen LogP contribution in [0.3, 0.4) is 0 Å². The molecule has 2 rings (SSSR count). The van der Waals surface area contributed by atoms with E-state index >= 15 is 0 Å². The van der Waals surface area contributed by atoms with Crippen LogP contribution in [0.1, 0.15) is 5.56 Å². The molecule has 0 aromatic carbocycles. The van der Waals surface area contributed by atoms with Crippen molar-refractivity contribution in [3.05, 3.63) is 22.8 Å². The minimum Gasteiger partial charge on any atom is -0.469 e. The van der Waals surface area contributed by atoms with E-state index in [9.17, 15) is 4.79 Å². The highest BCUT2D eigenvalue weighted by Gasteiger charge is 2.17. The van der Waals surface area contributed by atoms with Crippen molar-refractivity contribution in [2.24, 2.45) is 0 Å². The van der Waals surface area contributed by atoms with Gasteiger partial charge in [-0.3, -0.25) is 4.79 Å². The van der Waals surface area contributed by atoms with Gasteiger partial charge in [0.15, 0.2) is 5.78 Å². The summed E-state index contributed by atoms with van der Waals surface area (Å²) in [6.45, 7) is 0.127. The Kier molecular flexibility index (Phi) is 1.73. The first kappa shape index (κ1) is 7.55. The monoisotopic (exact) mass is 183 g/mol. The third-order valence-corrected chi connectivity index (χ3v) is 1.86. The molecule has 2 heterocycles. The number of pyridine rings is 1. The van der Waals surface area contributed by atoms with E-state index in [4.69, 9.17) is 16.3 Å². The van der Waals surface area contributed by atoms with Crippen LogP contribution in [0.4, 0.5) is 0 Å². The number of aromatic nitrogens is 1. The highest BCUT2D eigenvalue weighted by atomic mass is 35.5. The number of fused-ring (bicyclic) bond motifs is 1. The lowest BCUT2D eigenvalue weighted by atomic mass is 10.1. The first-order valence-electron chi connectivity index (χ1n) is 3.54. The van der Waals surface area contributed by atoms with Crippen LogP contribution in [0.15, 0.2) is 12.3 Å². The summed E-state index contributed by atoms with van der Waals surface area (Å²) in [5, 5.41) is 0.534. The van der Waals surface area contributed by atoms with Crippen LogP contribution >= 0.6 is 11.6 Å². The summed E-state index contributed by atoms with van der Waals surface area (Å²) in [6.07, 6.45) is 1.89. The van der Waals surface area contributed by atoms with Gasteiger partial charge in [-0.05, 0) is 6.07 Å². The summed E-state index contributed by atoms with van der Waals surface area (Å²) < 4.78 is 5.07. The lowest BCUT2D eigenvalue weighted by Gasteiger charge is -2.14. The van der Waals surface area contributed by atoms with Gasteiger partial charge in [0.05, 0.1) is 5.02 Å². The number of ketones is 1. The van der Waals surface area contributed by atoms with E-state index in [0.717, 1.165) is 5.56 Å². The second-order valence-electron chi connectivity index (χ2n) is 2.62. The lowest BCUT2D eigenvalue weighted by molar-refractivity contribution is -0.121. The Labute approximate surface area is 74.3 Å². The molecule has 62 valence electrons. The summed E-state index contributed by atoms with van der Waals surface area (Å²) in [6, 6.07) is 1.71. The van der Waals surface area contributed by atoms with Crippen molar-refractivity contribution in [1.29, 1.82) is 0 Å². The molecule has 1 aromatic heterocycles. The van der Waals surface area contributed by atoms with Crippen molar-refractivity contribution < 1.29 is 9.53 Å². The van der Waals surface area contributed by atoms with Crippen molar-refractivity contribution in [3.8, 4) is 5.88 Å². The minimum absolute atomic E-state index is 0.0616. The Morgan fingerprint density at radius 1 is 1.58 bits per heavy atom. The molecule has 4 heteroatoms. The van der Waals surface area contributed by atoms with Gasteiger partial charge < -0.3 is 4.74 Å². The predicted molar refractivity (Wildman–Crippen MR) is 43.5 cm³/mol. The first-order chi connectivity index (χ1) is 5.75. The highest BCUT2D eigenvalue weighted by Crippen LogP contribution is 2.22. The van der Waals surface area contributed by atoms with Gasteiger partial charge in [-0.1, -0.05) is 11.6 Å². The molecule has 0 bridgehead atoms. The number of halogens is 1. The lowest BCUT2D eigenvalue weighted by Crippen LogP contribution is -2.20. The number of ether oxygens (including phenoxy) is 1. The Hall–Kier alpha value is -1.09. The van der Waals surface area contributed by atoms with Gasteiger partial charge in [-0.25, -0.2) is 4.98 Å². The third-order valence-electron chi connectivity index (χ3n) is 1.65. The number of hydrogen-bond acceptors (Lipinski definition) is 3. The van der Waals surface area contributed by atoms with Crippen LogP contribution in [0.2, 0.25) is 5.02 Å². The molecular formula is C8H6ClNO2. The minimum atomic E-state index is 0.0616. The molecule has 0 saturated carbocycles. The maximum Gasteiger partial charge on any atom is 0.217 e. The number of rotatable bonds is 0. The molecule has 3 nitrogen and oxygen atoms in total. The number of hydrogen-bond donors (Lipinski definition) is 0. The highest BCUT2D eigenvalue weighted by molar-refractivity contribution is 6.30. The molecule has 0 atom stereocenters. The second-order valence-corrected chi connectivity index (χ2v) is 3.06. The molecule has 1 aliphatic rings. The Bertz CT molecular complexity index is 338. The van der Waals surface area contributed by atoms with Crippen LogP contribution in [-0.4, -0.2) is 17.4 Å². The molecule has 0 amide bonds. The van der Waals surface area contributed by atoms with E-state index in [1.54, 1.807) is 6.07 Å². The predicted octanol–water partition coefficient (Wildman–Crippen LogP) is 1.24. The van der Waals surface area contributed by atoms with Crippen molar-refractivity contribution in [1.82, 2.24) is 4.98 Å². The molecule has 12 heavy (non-hydrogen) atoms. The maximum atomic E-state index is 10.9. The largest absolute Gasteiger partial charge is 0.469 e. The van der Waals surface area contributed by atoms with Crippen molar-refractivity contribution in [2.75, 3.05) is 6.61 Å². The SMILES string of the molecule is O=C1COc2ncc(Cl)cc2C1. The van der Waals surface area contributed by atoms with Crippen LogP contribution in [-0.2, 0) is 11.2 Å². The zero-order valence-electron chi connectivity index (χ0n) is 6.21. The fourth-order valence-corrected chi connectivity index (χ4v) is 1.32. The van der Waals surface area contributed by atoms with E-state index in [1.807, 2.05) is 0 Å². The molecule has 0 spiro atoms. The van der Waals surface area contributed by atoms with Crippen LogP contribution < -0.4 is 4.74 Å². The molecule has 1 aromatic rings. The van der Waals surface area contributed by atoms with E-state index in [1.165, 1.54) is 6.20 Å². The normalized spacial score (nSPS) is 15.2. The number of carbonyl (C=O) groups excluding carboxylic acids is 1. The Balaban J connectivity index is 2.44. The fourth-order valence-electron chi connectivity index (χ4n) is 1.14. The smallest absolute Gasteiger partial charge is 0.217 e. The molecule has 0 fully saturated rings. The van der Waals surface area contributed by atoms with Gasteiger partial charge >= 0.3 is 0 Å². The van der Waals surface area contributed by atoms with Crippen LogP contribution in [0.25, 0.3) is 0 Å². The first-order valence-corrected chi connectivity index (χ1v) is 3.92. The van der Waals surface area contributed by atoms with Gasteiger partial charge in [0, 0.05) is 18.2 Å². The maximum absolute atomic E-state index is 10.9. The second kappa shape index (κ2) is 2.75. The van der Waals surface area contributed by atoms with E-state index < -0.39 is 0 Å². The van der Waals surface area contributed by atoms with E-state index in [-0.39, 0.29) is 12.4 Å². The van der Waals surface area contributed by atoms with Crippen molar-refractivity contribution >= 4 is 17.4 Å². The summed E-state index contributed by atoms with van der Waals surface area (Å²) in [5.41, 5.74) is 0.777. The molecule has 0 saturated heterocycles. The van der Waals surface area contributed by atoms with Crippen molar-refractivity contribution in [2.45, 2.75) is 6.42 Å². The molecule has 1 aliphatic heterocycles. The summed E-state index contributed by atoms with van der Waals surface area (Å²) in [4.78, 5) is 14.9. The van der Waals surface area contributed by atoms with E-state index in [0.29, 0.717) is 17.3 Å². The summed E-state index contributed by atoms with van der Waals surface area (Å²) in [5.74, 6) is 0.588. The fraction of sp³-hybridized carbons (Fsp3) is 0.250. The molecule has 0 radical (unpaired) electrons. The zero-order valence-corrected chi connectivity index (χ0v) is 6.97. The van der Waals surface area contributed by atoms with Gasteiger partial charge in [0.1, 0.15) is 6.61 Å². The van der Waals surface area contributed by atoms with Crippen LogP contribution in [0.5, 0.6) is 5.88 Å². The Morgan fingerprint density at radius 3 is 3.25 bits per heavy atom. The van der Waals surface area contributed by atoms with Crippen LogP contribution in [0, 0.1) is 0 Å². The number of Topliss-reactive ketones (excluding diaryl/α,β-unsaturated/α-hetero) is 1. The summed E-state index contributed by atoms with van der Waals surface area (Å²) >= 11 is 5.70. The quantitative estimate of drug-likeness (QED) is 0.608. The Morgan fingerprint density at radius 2 is 2.42 bits per heavy atom. The molecule has 0 N–H and O–H groups in total. The van der Waals surface area contributed by atoms with Gasteiger partial charge in [-0.15, -0.1) is 0 Å². The number of carbonyl (C=O) groups is 1. The molecule has 0 aliphatic carbocycles. The van der Waals surface area contributed by atoms with Crippen molar-refractivity contribution in [3.63, 3.8) is 0 Å². The van der Waals surface area contributed by atoms with Gasteiger partial charge in [0.25, 0.3) is 0 Å². The third kappa shape index (κ3) is 1.28. The number of nitrogens with zero attached hydrogens (tertiary/aromatic N) is 1.